The van der Waals surface area contributed by atoms with Gasteiger partial charge >= 0.3 is 36.6 Å². The van der Waals surface area contributed by atoms with Crippen LogP contribution in [0.15, 0.2) is 54.6 Å². The number of carbonyl (C=O) groups is 6. The first-order valence-electron chi connectivity index (χ1n) is 15.3. The van der Waals surface area contributed by atoms with Gasteiger partial charge in [-0.25, -0.2) is 43.7 Å². The Morgan fingerprint density at radius 1 is 0.333 bits per heavy atom. The summed E-state index contributed by atoms with van der Waals surface area (Å²) in [6.07, 6.45) is -6.29. The molecule has 0 atom stereocenters. The maximum absolute atomic E-state index is 11.4. The van der Waals surface area contributed by atoms with Crippen LogP contribution in [0.5, 0.6) is 0 Å². The number of hydrogen-bond donors (Lipinski definition) is 6. The average molecular weight is 748 g/mol. The van der Waals surface area contributed by atoms with Crippen molar-refractivity contribution in [2.75, 3.05) is 0 Å². The van der Waals surface area contributed by atoms with Crippen molar-refractivity contribution < 1.29 is 57.2 Å². The van der Waals surface area contributed by atoms with Crippen molar-refractivity contribution in [3.63, 3.8) is 0 Å². The number of benzene rings is 3. The fourth-order valence-electron chi connectivity index (χ4n) is 4.87. The smallest absolute Gasteiger partial charge is 0.404 e. The van der Waals surface area contributed by atoms with Crippen molar-refractivity contribution in [2.45, 2.75) is 39.6 Å². The molecule has 1 aromatic heterocycles. The Balaban J connectivity index is 1.99. The number of primary amides is 6. The Morgan fingerprint density at radius 2 is 0.500 bits per heavy atom. The first-order valence-corrected chi connectivity index (χ1v) is 15.3. The zero-order valence-corrected chi connectivity index (χ0v) is 28.1. The first kappa shape index (κ1) is 39.1. The summed E-state index contributed by atoms with van der Waals surface area (Å²) in [5.74, 6) is 0.0797. The number of rotatable bonds is 15. The molecule has 21 nitrogen and oxygen atoms in total. The van der Waals surface area contributed by atoms with Crippen LogP contribution in [0, 0.1) is 0 Å². The number of ether oxygens (including phenoxy) is 6. The monoisotopic (exact) mass is 747 g/mol. The van der Waals surface area contributed by atoms with Gasteiger partial charge in [-0.3, -0.25) is 0 Å². The predicted octanol–water partition coefficient (Wildman–Crippen LogP) is 2.44. The summed E-state index contributed by atoms with van der Waals surface area (Å²) < 4.78 is 29.8. The van der Waals surface area contributed by atoms with Crippen molar-refractivity contribution in [2.24, 2.45) is 34.4 Å². The summed E-state index contributed by atoms with van der Waals surface area (Å²) in [5.41, 5.74) is 34.4. The van der Waals surface area contributed by atoms with E-state index in [1.165, 1.54) is 0 Å². The van der Waals surface area contributed by atoms with Gasteiger partial charge in [0.2, 0.25) is 0 Å². The Labute approximate surface area is 304 Å². The van der Waals surface area contributed by atoms with Crippen LogP contribution >= 0.6 is 0 Å². The van der Waals surface area contributed by atoms with Gasteiger partial charge in [0.05, 0.1) is 0 Å². The van der Waals surface area contributed by atoms with Crippen molar-refractivity contribution in [3.8, 4) is 34.2 Å². The van der Waals surface area contributed by atoms with Crippen LogP contribution in [0.2, 0.25) is 0 Å². The second kappa shape index (κ2) is 18.0. The Kier molecular flexibility index (Phi) is 13.0. The largest absolute Gasteiger partial charge is 0.445 e. The van der Waals surface area contributed by atoms with Crippen molar-refractivity contribution in [1.29, 1.82) is 0 Å². The molecule has 21 heteroatoms. The SMILES string of the molecule is NC(=O)OCc1cc(COC(N)=O)cc(-c2nc(-c3cc(COC(N)=O)cc(COC(N)=O)c3)nc(-c3cc(COC(N)=O)cc(COC(N)=O)c3)n2)c1. The van der Waals surface area contributed by atoms with Crippen LogP contribution in [0.1, 0.15) is 33.4 Å². The molecule has 0 aliphatic rings. The maximum atomic E-state index is 11.4. The molecule has 0 aliphatic carbocycles. The summed E-state index contributed by atoms with van der Waals surface area (Å²) >= 11 is 0. The molecule has 12 N–H and O–H groups in total. The van der Waals surface area contributed by atoms with E-state index in [4.69, 9.17) is 62.8 Å². The van der Waals surface area contributed by atoms with E-state index < -0.39 is 36.6 Å². The van der Waals surface area contributed by atoms with E-state index in [0.717, 1.165) is 0 Å². The fourth-order valence-corrected chi connectivity index (χ4v) is 4.87. The van der Waals surface area contributed by atoms with Crippen molar-refractivity contribution in [3.05, 3.63) is 88.0 Å². The molecular weight excluding hydrogens is 714 g/mol. The van der Waals surface area contributed by atoms with Crippen LogP contribution < -0.4 is 34.4 Å². The molecule has 0 aliphatic heterocycles. The summed E-state index contributed by atoms with van der Waals surface area (Å²) in [7, 11) is 0. The molecule has 4 rings (SSSR count). The van der Waals surface area contributed by atoms with Crippen molar-refractivity contribution >= 4 is 36.6 Å². The maximum Gasteiger partial charge on any atom is 0.404 e. The minimum atomic E-state index is -1.05. The van der Waals surface area contributed by atoms with E-state index in [-0.39, 0.29) is 57.1 Å². The standard InChI is InChI=1S/C33H33N9O12/c34-28(43)49-10-16-1-17(11-50-29(35)44)5-22(4-16)25-40-26(23-6-18(12-51-30(36)45)2-19(7-23)13-52-31(37)46)42-27(41-25)24-8-20(14-53-32(38)47)3-21(9-24)15-54-33(39)48/h1-9H,10-15H2,(H2,34,43)(H2,35,44)(H2,36,45)(H2,37,46)(H2,38,47)(H2,39,48). The van der Waals surface area contributed by atoms with Crippen LogP contribution in [0.3, 0.4) is 0 Å². The van der Waals surface area contributed by atoms with Crippen LogP contribution in [0.4, 0.5) is 28.8 Å². The first-order chi connectivity index (χ1) is 25.6. The van der Waals surface area contributed by atoms with Crippen LogP contribution in [-0.4, -0.2) is 51.5 Å². The molecule has 3 aromatic carbocycles. The highest BCUT2D eigenvalue weighted by Crippen LogP contribution is 2.29. The lowest BCUT2D eigenvalue weighted by Crippen LogP contribution is -2.14. The molecule has 0 saturated heterocycles. The lowest BCUT2D eigenvalue weighted by molar-refractivity contribution is 0.147. The third-order valence-corrected chi connectivity index (χ3v) is 6.85. The number of aromatic nitrogens is 3. The molecule has 0 spiro atoms. The molecule has 0 radical (unpaired) electrons. The molecule has 282 valence electrons. The van der Waals surface area contributed by atoms with E-state index in [1.807, 2.05) is 0 Å². The minimum absolute atomic E-state index is 0.0266. The molecule has 4 aromatic rings. The van der Waals surface area contributed by atoms with Crippen LogP contribution in [0.25, 0.3) is 34.2 Å². The van der Waals surface area contributed by atoms with E-state index in [9.17, 15) is 28.8 Å². The van der Waals surface area contributed by atoms with E-state index in [0.29, 0.717) is 50.1 Å². The van der Waals surface area contributed by atoms with Gasteiger partial charge in [-0.2, -0.15) is 0 Å². The number of hydrogen-bond acceptors (Lipinski definition) is 15. The number of carbonyl (C=O) groups excluding carboxylic acids is 6. The van der Waals surface area contributed by atoms with Gasteiger partial charge in [0.15, 0.2) is 17.5 Å². The number of nitrogens with two attached hydrogens (primary N) is 6. The Morgan fingerprint density at radius 3 is 0.648 bits per heavy atom. The quantitative estimate of drug-likeness (QED) is 0.0951. The summed E-state index contributed by atoms with van der Waals surface area (Å²) in [6, 6.07) is 14.2. The summed E-state index contributed by atoms with van der Waals surface area (Å²) in [6.45, 7) is -1.70. The molecular formula is C33H33N9O12. The van der Waals surface area contributed by atoms with Gasteiger partial charge in [0.25, 0.3) is 0 Å². The van der Waals surface area contributed by atoms with Gasteiger partial charge < -0.3 is 62.8 Å². The Bertz CT molecular complexity index is 1740. The zero-order chi connectivity index (χ0) is 39.4. The highest BCUT2D eigenvalue weighted by molar-refractivity contribution is 5.71. The van der Waals surface area contributed by atoms with E-state index in [1.54, 1.807) is 54.6 Å². The zero-order valence-electron chi connectivity index (χ0n) is 28.1. The lowest BCUT2D eigenvalue weighted by atomic mass is 10.0. The molecule has 6 amide bonds. The normalized spacial score (nSPS) is 10.4. The third-order valence-electron chi connectivity index (χ3n) is 6.85. The van der Waals surface area contributed by atoms with Gasteiger partial charge in [-0.05, 0) is 88.0 Å². The second-order valence-corrected chi connectivity index (χ2v) is 11.1. The summed E-state index contributed by atoms with van der Waals surface area (Å²) in [5, 5.41) is 0. The highest BCUT2D eigenvalue weighted by Gasteiger charge is 2.18. The minimum Gasteiger partial charge on any atom is -0.445 e. The van der Waals surface area contributed by atoms with Gasteiger partial charge in [0.1, 0.15) is 39.6 Å². The molecule has 1 heterocycles. The molecule has 54 heavy (non-hydrogen) atoms. The van der Waals surface area contributed by atoms with E-state index >= 15 is 0 Å². The molecule has 0 bridgehead atoms. The van der Waals surface area contributed by atoms with Crippen molar-refractivity contribution in [1.82, 2.24) is 15.0 Å². The lowest BCUT2D eigenvalue weighted by Gasteiger charge is -2.14. The van der Waals surface area contributed by atoms with Crippen LogP contribution in [-0.2, 0) is 68.1 Å². The van der Waals surface area contributed by atoms with E-state index in [2.05, 4.69) is 15.0 Å². The molecule has 0 unspecified atom stereocenters. The number of amides is 6. The number of nitrogens with zero attached hydrogens (tertiary/aromatic N) is 3. The molecule has 0 saturated carbocycles. The molecule has 0 fully saturated rings. The van der Waals surface area contributed by atoms with Gasteiger partial charge in [0, 0.05) is 16.7 Å². The topological polar surface area (TPSA) is 353 Å². The average Bonchev–Trinajstić information content (AvgIpc) is 3.12. The third kappa shape index (κ3) is 12.3. The van der Waals surface area contributed by atoms with Gasteiger partial charge in [-0.15, -0.1) is 0 Å². The highest BCUT2D eigenvalue weighted by atomic mass is 16.6. The fraction of sp³-hybridized carbons (Fsp3) is 0.182. The predicted molar refractivity (Wildman–Crippen MR) is 182 cm³/mol. The second-order valence-electron chi connectivity index (χ2n) is 11.1. The van der Waals surface area contributed by atoms with Gasteiger partial charge in [-0.1, -0.05) is 0 Å². The Hall–Kier alpha value is -7.71. The summed E-state index contributed by atoms with van der Waals surface area (Å²) in [4.78, 5) is 82.6.